The van der Waals surface area contributed by atoms with Gasteiger partial charge in [-0.15, -0.1) is 0 Å². The summed E-state index contributed by atoms with van der Waals surface area (Å²) >= 11 is 0. The van der Waals surface area contributed by atoms with Crippen LogP contribution in [0.15, 0.2) is 11.9 Å². The van der Waals surface area contributed by atoms with Gasteiger partial charge < -0.3 is 4.57 Å². The molecule has 1 N–H and O–H groups in total. The average molecular weight is 305 g/mol. The maximum absolute atomic E-state index is 12.1. The number of hydrogen-bond donors (Lipinski definition) is 1. The fraction of sp³-hybridized carbons (Fsp3) is 0.500. The number of nitrogens with zero attached hydrogens (tertiary/aromatic N) is 1. The second-order valence-electron chi connectivity index (χ2n) is 2.45. The van der Waals surface area contributed by atoms with Gasteiger partial charge in [-0.3, -0.25) is 10.0 Å². The summed E-state index contributed by atoms with van der Waals surface area (Å²) in [6.45, 7) is -2.97. The predicted octanol–water partition coefficient (Wildman–Crippen LogP) is 1.88. The molecular formula is C6H14NO7P3. The first kappa shape index (κ1) is 17.1. The molecule has 0 aliphatic heterocycles. The zero-order valence-electron chi connectivity index (χ0n) is 9.23. The summed E-state index contributed by atoms with van der Waals surface area (Å²) in [6.07, 6.45) is 1.60. The van der Waals surface area contributed by atoms with Crippen LogP contribution in [0.2, 0.25) is 0 Å². The van der Waals surface area contributed by atoms with Gasteiger partial charge in [-0.25, -0.2) is 24.2 Å². The summed E-state index contributed by atoms with van der Waals surface area (Å²) in [5.74, 6) is 1.33. The molecule has 0 aromatic carbocycles. The molecule has 2 unspecified atom stereocenters. The Morgan fingerprint density at radius 3 is 2.24 bits per heavy atom. The third-order valence-corrected chi connectivity index (χ3v) is 7.51. The molecule has 0 aliphatic rings. The fourth-order valence-corrected chi connectivity index (χ4v) is 4.76. The van der Waals surface area contributed by atoms with E-state index in [1.807, 2.05) is 0 Å². The third kappa shape index (κ3) is 8.77. The molecule has 11 heteroatoms. The number of hydroxylamine groups is 2. The molecule has 1 amide bonds. The number of hydrogen-bond acceptors (Lipinski definition) is 7. The first-order valence-electron chi connectivity index (χ1n) is 4.20. The van der Waals surface area contributed by atoms with Crippen molar-refractivity contribution in [2.24, 2.45) is 0 Å². The molecule has 0 aromatic heterocycles. The zero-order valence-corrected chi connectivity index (χ0v) is 12.1. The van der Waals surface area contributed by atoms with Crippen LogP contribution in [0.4, 0.5) is 0 Å². The van der Waals surface area contributed by atoms with Gasteiger partial charge in [0.25, 0.3) is 0 Å². The lowest BCUT2D eigenvalue weighted by atomic mass is 10.6. The maximum Gasteiger partial charge on any atom is 0.233 e. The van der Waals surface area contributed by atoms with Crippen LogP contribution in [0.1, 0.15) is 0 Å². The maximum atomic E-state index is 12.1. The molecule has 0 fully saturated rings. The topological polar surface area (TPSA) is 94.5 Å². The van der Waals surface area contributed by atoms with Gasteiger partial charge in [0.15, 0.2) is 6.52 Å². The summed E-state index contributed by atoms with van der Waals surface area (Å²) < 4.78 is 21.4. The van der Waals surface area contributed by atoms with E-state index in [-0.39, 0.29) is 13.0 Å². The first-order valence-corrected chi connectivity index (χ1v) is 9.47. The molecule has 0 spiro atoms. The Hall–Kier alpha value is 0.100. The van der Waals surface area contributed by atoms with Crippen molar-refractivity contribution in [2.75, 3.05) is 20.8 Å². The highest BCUT2D eigenvalue weighted by Gasteiger charge is 2.21. The van der Waals surface area contributed by atoms with Gasteiger partial charge in [0, 0.05) is 0 Å². The minimum atomic E-state index is -2.89. The smallest absolute Gasteiger partial charge is 0.233 e. The number of amides is 1. The normalized spacial score (nSPS) is 16.2. The largest absolute Gasteiger partial charge is 0.305 e. The minimum absolute atomic E-state index is 0.0809. The highest BCUT2D eigenvalue weighted by atomic mass is 32.5. The second-order valence-corrected chi connectivity index (χ2v) is 11.2. The lowest BCUT2D eigenvalue weighted by molar-refractivity contribution is -0.165. The Labute approximate surface area is 102 Å². The Balaban J connectivity index is 4.35. The molecule has 17 heavy (non-hydrogen) atoms. The summed E-state index contributed by atoms with van der Waals surface area (Å²) in [6, 6.07) is 0. The third-order valence-electron chi connectivity index (χ3n) is 1.24. The first-order chi connectivity index (χ1) is 8.08. The van der Waals surface area contributed by atoms with Gasteiger partial charge in [0.2, 0.25) is 6.41 Å². The molecule has 0 saturated carbocycles. The molecule has 100 valence electrons. The van der Waals surface area contributed by atoms with Crippen LogP contribution in [-0.2, 0) is 28.5 Å². The molecular weight excluding hydrogens is 291 g/mol. The van der Waals surface area contributed by atoms with E-state index in [0.29, 0.717) is 5.06 Å². The highest BCUT2D eigenvalue weighted by molar-refractivity contribution is 8.54. The fourth-order valence-electron chi connectivity index (χ4n) is 0.611. The van der Waals surface area contributed by atoms with Crippen molar-refractivity contribution in [3.8, 4) is 0 Å². The zero-order chi connectivity index (χ0) is 13.1. The monoisotopic (exact) mass is 305 g/mol. The van der Waals surface area contributed by atoms with Crippen molar-refractivity contribution < 1.29 is 33.7 Å². The van der Waals surface area contributed by atoms with E-state index in [1.54, 1.807) is 0 Å². The average Bonchev–Trinajstić information content (AvgIpc) is 2.34. The molecule has 0 bridgehead atoms. The molecule has 0 radical (unpaired) electrons. The van der Waals surface area contributed by atoms with Crippen molar-refractivity contribution in [1.29, 1.82) is 0 Å². The number of carbonyl (C=O) groups excluding carboxylic acids is 1. The van der Waals surface area contributed by atoms with Crippen LogP contribution in [0, 0.1) is 0 Å². The summed E-state index contributed by atoms with van der Waals surface area (Å²) in [4.78, 5) is 18.8. The lowest BCUT2D eigenvalue weighted by Crippen LogP contribution is -2.15. The Morgan fingerprint density at radius 1 is 1.29 bits per heavy atom. The van der Waals surface area contributed by atoms with E-state index in [4.69, 9.17) is 5.21 Å². The molecule has 0 saturated heterocycles. The molecule has 0 aliphatic carbocycles. The SMILES string of the molecule is COOPP(=O)(/C=C/CN(O)C=O)POOC. The van der Waals surface area contributed by atoms with Crippen LogP contribution in [-0.4, -0.2) is 37.4 Å². The standard InChI is InChI=1S/C6H14NO7P3/c1-11-13-15-17(10,16-14-12-2)5-3-4-7(9)6-8/h3,5-6,9,15-16H,4H2,1-2H3/b5-3+. The van der Waals surface area contributed by atoms with E-state index < -0.39 is 23.5 Å². The second kappa shape index (κ2) is 10.1. The van der Waals surface area contributed by atoms with Crippen LogP contribution in [0.3, 0.4) is 0 Å². The molecule has 0 aromatic rings. The van der Waals surface area contributed by atoms with Gasteiger partial charge in [0.1, 0.15) is 17.0 Å². The van der Waals surface area contributed by atoms with Crippen LogP contribution in [0.25, 0.3) is 0 Å². The lowest BCUT2D eigenvalue weighted by Gasteiger charge is -2.11. The van der Waals surface area contributed by atoms with E-state index >= 15 is 0 Å². The van der Waals surface area contributed by atoms with Gasteiger partial charge in [0.05, 0.1) is 20.8 Å². The quantitative estimate of drug-likeness (QED) is 0.216. The minimum Gasteiger partial charge on any atom is -0.305 e. The number of rotatable bonds is 10. The van der Waals surface area contributed by atoms with Gasteiger partial charge in [-0.2, -0.15) is 0 Å². The van der Waals surface area contributed by atoms with Crippen molar-refractivity contribution >= 4 is 29.9 Å². The van der Waals surface area contributed by atoms with Crippen molar-refractivity contribution in [3.05, 3.63) is 11.9 Å². The van der Waals surface area contributed by atoms with E-state index in [0.717, 1.165) is 0 Å². The van der Waals surface area contributed by atoms with Crippen molar-refractivity contribution in [2.45, 2.75) is 0 Å². The Morgan fingerprint density at radius 2 is 1.82 bits per heavy atom. The van der Waals surface area contributed by atoms with E-state index in [1.165, 1.54) is 26.1 Å². The predicted molar refractivity (Wildman–Crippen MR) is 64.1 cm³/mol. The Kier molecular flexibility index (Phi) is 10.1. The van der Waals surface area contributed by atoms with Crippen molar-refractivity contribution in [3.63, 3.8) is 0 Å². The van der Waals surface area contributed by atoms with Gasteiger partial charge in [-0.05, 0) is 5.82 Å². The van der Waals surface area contributed by atoms with Crippen LogP contribution < -0.4 is 0 Å². The van der Waals surface area contributed by atoms with Crippen LogP contribution in [0.5, 0.6) is 0 Å². The molecule has 8 nitrogen and oxygen atoms in total. The van der Waals surface area contributed by atoms with E-state index in [2.05, 4.69) is 19.1 Å². The molecule has 0 rings (SSSR count). The van der Waals surface area contributed by atoms with Crippen molar-refractivity contribution in [1.82, 2.24) is 5.06 Å². The van der Waals surface area contributed by atoms with Crippen LogP contribution >= 0.6 is 23.5 Å². The summed E-state index contributed by atoms with van der Waals surface area (Å²) in [5.41, 5.74) is 0. The highest BCUT2D eigenvalue weighted by Crippen LogP contribution is 2.78. The molecule has 2 atom stereocenters. The summed E-state index contributed by atoms with van der Waals surface area (Å²) in [5, 5.41) is 9.23. The number of carbonyl (C=O) groups is 1. The van der Waals surface area contributed by atoms with E-state index in [9.17, 15) is 9.36 Å². The van der Waals surface area contributed by atoms with Gasteiger partial charge >= 0.3 is 0 Å². The molecule has 0 heterocycles. The van der Waals surface area contributed by atoms with Gasteiger partial charge in [-0.1, -0.05) is 6.08 Å². The summed E-state index contributed by atoms with van der Waals surface area (Å²) in [7, 11) is 1.70. The Bertz CT molecular complexity index is 275.